The molecule has 122 valence electrons. The van der Waals surface area contributed by atoms with E-state index >= 15 is 0 Å². The Morgan fingerprint density at radius 2 is 1.30 bits per heavy atom. The monoisotopic (exact) mass is 326 g/mol. The van der Waals surface area contributed by atoms with Crippen LogP contribution in [0.15, 0.2) is 36.9 Å². The first-order chi connectivity index (χ1) is 11.0. The summed E-state index contributed by atoms with van der Waals surface area (Å²) in [7, 11) is 0. The molecule has 0 N–H and O–H groups in total. The summed E-state index contributed by atoms with van der Waals surface area (Å²) in [5, 5.41) is 0. The number of ether oxygens (including phenoxy) is 2. The van der Waals surface area contributed by atoms with E-state index in [4.69, 9.17) is 9.47 Å². The Morgan fingerprint density at radius 1 is 0.826 bits per heavy atom. The maximum atomic E-state index is 14.1. The number of halogens is 4. The van der Waals surface area contributed by atoms with Gasteiger partial charge in [0.15, 0.2) is 23.1 Å². The Balaban J connectivity index is 2.49. The van der Waals surface area contributed by atoms with E-state index in [1.165, 1.54) is 6.08 Å². The Labute approximate surface area is 131 Å². The van der Waals surface area contributed by atoms with Crippen molar-refractivity contribution in [1.82, 2.24) is 0 Å². The molecule has 2 aromatic rings. The molecule has 0 amide bonds. The topological polar surface area (TPSA) is 18.5 Å². The Bertz CT molecular complexity index is 729. The van der Waals surface area contributed by atoms with Crippen LogP contribution in [0, 0.1) is 23.3 Å². The Kier molecular flexibility index (Phi) is 5.26. The van der Waals surface area contributed by atoms with Crippen LogP contribution in [-0.4, -0.2) is 13.2 Å². The number of hydrogen-bond acceptors (Lipinski definition) is 2. The first-order valence-corrected chi connectivity index (χ1v) is 6.84. The molecule has 0 radical (unpaired) electrons. The molecule has 0 saturated carbocycles. The van der Waals surface area contributed by atoms with Crippen molar-refractivity contribution in [3.8, 4) is 22.6 Å². The van der Waals surface area contributed by atoms with Crippen LogP contribution >= 0.6 is 0 Å². The highest BCUT2D eigenvalue weighted by molar-refractivity contribution is 5.67. The van der Waals surface area contributed by atoms with Crippen molar-refractivity contribution in [2.45, 2.75) is 6.92 Å². The molecule has 0 heterocycles. The molecule has 0 bridgehead atoms. The van der Waals surface area contributed by atoms with E-state index in [0.717, 1.165) is 24.3 Å². The molecule has 0 fully saturated rings. The highest BCUT2D eigenvalue weighted by Gasteiger charge is 2.21. The van der Waals surface area contributed by atoms with Crippen LogP contribution < -0.4 is 9.47 Å². The van der Waals surface area contributed by atoms with Crippen LogP contribution in [0.3, 0.4) is 0 Å². The van der Waals surface area contributed by atoms with E-state index in [-0.39, 0.29) is 24.7 Å². The lowest BCUT2D eigenvalue weighted by molar-refractivity contribution is 0.314. The number of rotatable bonds is 6. The molecular formula is C17H14F4O2. The minimum absolute atomic E-state index is 0.0122. The molecule has 6 heteroatoms. The van der Waals surface area contributed by atoms with E-state index in [1.807, 2.05) is 0 Å². The molecule has 2 nitrogen and oxygen atoms in total. The second kappa shape index (κ2) is 7.17. The smallest absolute Gasteiger partial charge is 0.201 e. The van der Waals surface area contributed by atoms with Crippen LogP contribution in [0.1, 0.15) is 6.92 Å². The third kappa shape index (κ3) is 3.31. The fourth-order valence-electron chi connectivity index (χ4n) is 2.01. The van der Waals surface area contributed by atoms with Crippen LogP contribution in [0.25, 0.3) is 11.1 Å². The van der Waals surface area contributed by atoms with Gasteiger partial charge in [0.25, 0.3) is 0 Å². The van der Waals surface area contributed by atoms with Gasteiger partial charge in [-0.1, -0.05) is 12.7 Å². The molecule has 0 aromatic heterocycles. The van der Waals surface area contributed by atoms with Gasteiger partial charge in [0.05, 0.1) is 6.61 Å². The molecule has 0 aliphatic heterocycles. The second-order valence-electron chi connectivity index (χ2n) is 4.51. The van der Waals surface area contributed by atoms with Gasteiger partial charge in [-0.25, -0.2) is 8.78 Å². The normalized spacial score (nSPS) is 10.5. The van der Waals surface area contributed by atoms with Gasteiger partial charge in [-0.15, -0.1) is 0 Å². The zero-order valence-corrected chi connectivity index (χ0v) is 12.3. The molecule has 0 aliphatic carbocycles. The van der Waals surface area contributed by atoms with E-state index in [0.29, 0.717) is 0 Å². The Morgan fingerprint density at radius 3 is 1.74 bits per heavy atom. The van der Waals surface area contributed by atoms with Crippen LogP contribution in [0.4, 0.5) is 17.6 Å². The molecule has 0 aliphatic rings. The van der Waals surface area contributed by atoms with Crippen molar-refractivity contribution >= 4 is 0 Å². The second-order valence-corrected chi connectivity index (χ2v) is 4.51. The first-order valence-electron chi connectivity index (χ1n) is 6.84. The lowest BCUT2D eigenvalue weighted by Crippen LogP contribution is -2.02. The van der Waals surface area contributed by atoms with Crippen LogP contribution in [-0.2, 0) is 0 Å². The number of benzene rings is 2. The van der Waals surface area contributed by atoms with Crippen molar-refractivity contribution in [1.29, 1.82) is 0 Å². The highest BCUT2D eigenvalue weighted by atomic mass is 19.2. The van der Waals surface area contributed by atoms with Gasteiger partial charge in [-0.2, -0.15) is 8.78 Å². The average molecular weight is 326 g/mol. The molecular weight excluding hydrogens is 312 g/mol. The average Bonchev–Trinajstić information content (AvgIpc) is 2.54. The van der Waals surface area contributed by atoms with E-state index in [1.54, 1.807) is 6.92 Å². The first kappa shape index (κ1) is 16.9. The summed E-state index contributed by atoms with van der Waals surface area (Å²) >= 11 is 0. The number of hydrogen-bond donors (Lipinski definition) is 0. The van der Waals surface area contributed by atoms with Crippen LogP contribution in [0.2, 0.25) is 0 Å². The summed E-state index contributed by atoms with van der Waals surface area (Å²) in [4.78, 5) is 0. The third-order valence-corrected chi connectivity index (χ3v) is 3.04. The molecule has 23 heavy (non-hydrogen) atoms. The van der Waals surface area contributed by atoms with Crippen molar-refractivity contribution < 1.29 is 27.0 Å². The molecule has 0 spiro atoms. The lowest BCUT2D eigenvalue weighted by atomic mass is 10.0. The minimum Gasteiger partial charge on any atom is -0.491 e. The predicted octanol–water partition coefficient (Wildman–Crippen LogP) is 4.87. The predicted molar refractivity (Wildman–Crippen MR) is 78.6 cm³/mol. The molecule has 2 aromatic carbocycles. The van der Waals surface area contributed by atoms with Gasteiger partial charge < -0.3 is 9.47 Å². The van der Waals surface area contributed by atoms with Gasteiger partial charge in [0.2, 0.25) is 11.6 Å². The van der Waals surface area contributed by atoms with Gasteiger partial charge in [0, 0.05) is 11.1 Å². The van der Waals surface area contributed by atoms with Crippen molar-refractivity contribution in [3.63, 3.8) is 0 Å². The fraction of sp³-hybridized carbons (Fsp3) is 0.176. The Hall–Kier alpha value is -2.50. The summed E-state index contributed by atoms with van der Waals surface area (Å²) in [6, 6.07) is 4.56. The summed E-state index contributed by atoms with van der Waals surface area (Å²) in [5.41, 5.74) is -0.814. The maximum absolute atomic E-state index is 14.1. The van der Waals surface area contributed by atoms with Crippen molar-refractivity contribution in [2.75, 3.05) is 13.2 Å². The summed E-state index contributed by atoms with van der Waals surface area (Å²) in [6.45, 7) is 5.14. The van der Waals surface area contributed by atoms with E-state index in [2.05, 4.69) is 6.58 Å². The lowest BCUT2D eigenvalue weighted by Gasteiger charge is -2.12. The quantitative estimate of drug-likeness (QED) is 0.557. The van der Waals surface area contributed by atoms with E-state index in [9.17, 15) is 17.6 Å². The molecule has 0 saturated heterocycles. The molecule has 2 rings (SSSR count). The third-order valence-electron chi connectivity index (χ3n) is 3.04. The zero-order valence-electron chi connectivity index (χ0n) is 12.3. The highest BCUT2D eigenvalue weighted by Crippen LogP contribution is 2.34. The fourth-order valence-corrected chi connectivity index (χ4v) is 2.01. The summed E-state index contributed by atoms with van der Waals surface area (Å²) < 4.78 is 65.9. The standard InChI is InChI=1S/C17H14F4O2/c1-3-9-23-13-8-6-11(15(19)17(13)21)10-5-7-12(22-4-2)16(20)14(10)18/h3,5-8H,1,4,9H2,2H3. The summed E-state index contributed by atoms with van der Waals surface area (Å²) in [6.07, 6.45) is 1.37. The summed E-state index contributed by atoms with van der Waals surface area (Å²) in [5.74, 6) is -5.80. The van der Waals surface area contributed by atoms with Gasteiger partial charge >= 0.3 is 0 Å². The van der Waals surface area contributed by atoms with Gasteiger partial charge in [0.1, 0.15) is 6.61 Å². The van der Waals surface area contributed by atoms with Crippen molar-refractivity contribution in [2.24, 2.45) is 0 Å². The van der Waals surface area contributed by atoms with Gasteiger partial charge in [-0.3, -0.25) is 0 Å². The minimum atomic E-state index is -1.32. The zero-order chi connectivity index (χ0) is 17.0. The van der Waals surface area contributed by atoms with Crippen LogP contribution in [0.5, 0.6) is 11.5 Å². The maximum Gasteiger partial charge on any atom is 0.201 e. The van der Waals surface area contributed by atoms with Crippen molar-refractivity contribution in [3.05, 3.63) is 60.2 Å². The molecule has 0 atom stereocenters. The SMILES string of the molecule is C=CCOc1ccc(-c2ccc(OCC)c(F)c2F)c(F)c1F. The van der Waals surface area contributed by atoms with Gasteiger partial charge in [-0.05, 0) is 31.2 Å². The van der Waals surface area contributed by atoms with E-state index < -0.39 is 34.4 Å². The largest absolute Gasteiger partial charge is 0.491 e. The molecule has 0 unspecified atom stereocenters.